The summed E-state index contributed by atoms with van der Waals surface area (Å²) >= 11 is 0. The van der Waals surface area contributed by atoms with E-state index < -0.39 is 0 Å². The van der Waals surface area contributed by atoms with E-state index in [1.54, 1.807) is 0 Å². The molecule has 0 bridgehead atoms. The Balaban J connectivity index is 1.74. The number of ether oxygens (including phenoxy) is 1. The number of carbonyl (C=O) groups is 1. The predicted molar refractivity (Wildman–Crippen MR) is 80.5 cm³/mol. The van der Waals surface area contributed by atoms with Gasteiger partial charge in [-0.05, 0) is 25.7 Å². The smallest absolute Gasteiger partial charge is 0.229 e. The summed E-state index contributed by atoms with van der Waals surface area (Å²) in [6, 6.07) is 0. The summed E-state index contributed by atoms with van der Waals surface area (Å²) in [5, 5.41) is 4.24. The fourth-order valence-electron chi connectivity index (χ4n) is 3.45. The lowest BCUT2D eigenvalue weighted by molar-refractivity contribution is -0.133. The summed E-state index contributed by atoms with van der Waals surface area (Å²) in [6.45, 7) is 7.10. The van der Waals surface area contributed by atoms with Crippen LogP contribution in [0.3, 0.4) is 0 Å². The third kappa shape index (κ3) is 3.02. The van der Waals surface area contributed by atoms with E-state index in [9.17, 15) is 4.79 Å². The molecule has 3 heterocycles. The summed E-state index contributed by atoms with van der Waals surface area (Å²) in [5.74, 6) is 2.01. The molecule has 2 saturated heterocycles. The molecule has 1 aromatic rings. The van der Waals surface area contributed by atoms with E-state index in [1.165, 1.54) is 0 Å². The fraction of sp³-hybridized carbons (Fsp3) is 0.812. The highest BCUT2D eigenvalue weighted by molar-refractivity contribution is 5.76. The van der Waals surface area contributed by atoms with Crippen molar-refractivity contribution in [1.29, 1.82) is 0 Å². The van der Waals surface area contributed by atoms with Gasteiger partial charge in [-0.2, -0.15) is 4.98 Å². The van der Waals surface area contributed by atoms with Gasteiger partial charge in [0.1, 0.15) is 0 Å². The standard InChI is InChI=1S/C16H25N3O3/c1-3-13(20)19-8-4-7-16(2,11-19)15-17-14(22-18-15)12-5-9-21-10-6-12/h12H,3-11H2,1-2H3. The molecule has 3 rings (SSSR count). The van der Waals surface area contributed by atoms with Gasteiger partial charge in [0.25, 0.3) is 0 Å². The number of rotatable bonds is 3. The monoisotopic (exact) mass is 307 g/mol. The molecule has 122 valence electrons. The quantitative estimate of drug-likeness (QED) is 0.856. The van der Waals surface area contributed by atoms with Crippen molar-refractivity contribution >= 4 is 5.91 Å². The number of carbonyl (C=O) groups excluding carboxylic acids is 1. The van der Waals surface area contributed by atoms with Crippen molar-refractivity contribution in [2.75, 3.05) is 26.3 Å². The van der Waals surface area contributed by atoms with E-state index >= 15 is 0 Å². The predicted octanol–water partition coefficient (Wildman–Crippen LogP) is 2.25. The maximum Gasteiger partial charge on any atom is 0.229 e. The Kier molecular flexibility index (Phi) is 4.47. The van der Waals surface area contributed by atoms with Crippen molar-refractivity contribution in [2.24, 2.45) is 0 Å². The second-order valence-electron chi connectivity index (χ2n) is 6.68. The minimum atomic E-state index is -0.198. The number of piperidine rings is 1. The first-order valence-electron chi connectivity index (χ1n) is 8.32. The summed E-state index contributed by atoms with van der Waals surface area (Å²) in [4.78, 5) is 18.6. The molecule has 1 amide bonds. The van der Waals surface area contributed by atoms with Crippen LogP contribution in [0.25, 0.3) is 0 Å². The number of amides is 1. The molecule has 1 unspecified atom stereocenters. The second kappa shape index (κ2) is 6.36. The molecule has 2 aliphatic heterocycles. The minimum Gasteiger partial charge on any atom is -0.381 e. The highest BCUT2D eigenvalue weighted by Gasteiger charge is 2.38. The highest BCUT2D eigenvalue weighted by atomic mass is 16.5. The zero-order valence-electron chi connectivity index (χ0n) is 13.5. The van der Waals surface area contributed by atoms with Crippen LogP contribution in [0.5, 0.6) is 0 Å². The molecule has 1 atom stereocenters. The van der Waals surface area contributed by atoms with Crippen molar-refractivity contribution in [3.63, 3.8) is 0 Å². The highest BCUT2D eigenvalue weighted by Crippen LogP contribution is 2.34. The van der Waals surface area contributed by atoms with Crippen LogP contribution in [0.1, 0.15) is 63.6 Å². The van der Waals surface area contributed by atoms with Gasteiger partial charge >= 0.3 is 0 Å². The molecule has 22 heavy (non-hydrogen) atoms. The van der Waals surface area contributed by atoms with E-state index in [1.807, 2.05) is 11.8 Å². The summed E-state index contributed by atoms with van der Waals surface area (Å²) < 4.78 is 10.9. The maximum atomic E-state index is 12.0. The second-order valence-corrected chi connectivity index (χ2v) is 6.68. The molecule has 2 fully saturated rings. The van der Waals surface area contributed by atoms with Gasteiger partial charge in [0.15, 0.2) is 5.82 Å². The molecule has 0 radical (unpaired) electrons. The minimum absolute atomic E-state index is 0.198. The normalized spacial score (nSPS) is 27.1. The molecule has 6 nitrogen and oxygen atoms in total. The number of hydrogen-bond donors (Lipinski definition) is 0. The Morgan fingerprint density at radius 2 is 2.18 bits per heavy atom. The topological polar surface area (TPSA) is 68.5 Å². The number of nitrogens with zero attached hydrogens (tertiary/aromatic N) is 3. The molecule has 0 saturated carbocycles. The van der Waals surface area contributed by atoms with Crippen molar-refractivity contribution < 1.29 is 14.1 Å². The first kappa shape index (κ1) is 15.5. The number of likely N-dealkylation sites (tertiary alicyclic amines) is 1. The third-order valence-corrected chi connectivity index (χ3v) is 4.90. The molecule has 6 heteroatoms. The van der Waals surface area contributed by atoms with Gasteiger partial charge in [-0.25, -0.2) is 0 Å². The molecule has 0 aliphatic carbocycles. The van der Waals surface area contributed by atoms with Crippen LogP contribution < -0.4 is 0 Å². The average molecular weight is 307 g/mol. The van der Waals surface area contributed by atoms with Gasteiger partial charge in [-0.3, -0.25) is 4.79 Å². The average Bonchev–Trinajstić information content (AvgIpc) is 3.06. The van der Waals surface area contributed by atoms with Crippen LogP contribution in [-0.4, -0.2) is 47.3 Å². The Hall–Kier alpha value is -1.43. The van der Waals surface area contributed by atoms with Gasteiger partial charge < -0.3 is 14.2 Å². The molecule has 2 aliphatic rings. The Morgan fingerprint density at radius 3 is 2.91 bits per heavy atom. The van der Waals surface area contributed by atoms with Gasteiger partial charge in [0.05, 0.1) is 0 Å². The van der Waals surface area contributed by atoms with E-state index in [0.717, 1.165) is 57.2 Å². The van der Waals surface area contributed by atoms with Crippen LogP contribution in [0.2, 0.25) is 0 Å². The van der Waals surface area contributed by atoms with Crippen LogP contribution >= 0.6 is 0 Å². The molecule has 0 aromatic carbocycles. The van der Waals surface area contributed by atoms with Gasteiger partial charge in [0.2, 0.25) is 11.8 Å². The van der Waals surface area contributed by atoms with Crippen molar-refractivity contribution in [2.45, 2.75) is 57.3 Å². The van der Waals surface area contributed by atoms with Gasteiger partial charge in [-0.1, -0.05) is 19.0 Å². The fourth-order valence-corrected chi connectivity index (χ4v) is 3.45. The van der Waals surface area contributed by atoms with E-state index in [-0.39, 0.29) is 11.3 Å². The zero-order valence-corrected chi connectivity index (χ0v) is 13.5. The first-order valence-corrected chi connectivity index (χ1v) is 8.32. The van der Waals surface area contributed by atoms with Crippen molar-refractivity contribution in [3.05, 3.63) is 11.7 Å². The molecule has 0 spiro atoms. The Morgan fingerprint density at radius 1 is 1.41 bits per heavy atom. The molecular formula is C16H25N3O3. The third-order valence-electron chi connectivity index (χ3n) is 4.90. The molecular weight excluding hydrogens is 282 g/mol. The van der Waals surface area contributed by atoms with Gasteiger partial charge in [0, 0.05) is 44.1 Å². The first-order chi connectivity index (χ1) is 10.6. The number of hydrogen-bond acceptors (Lipinski definition) is 5. The lowest BCUT2D eigenvalue weighted by atomic mass is 9.81. The summed E-state index contributed by atoms with van der Waals surface area (Å²) in [5.41, 5.74) is -0.198. The lowest BCUT2D eigenvalue weighted by Crippen LogP contribution is -2.47. The van der Waals surface area contributed by atoms with Crippen LogP contribution in [0.15, 0.2) is 4.52 Å². The largest absolute Gasteiger partial charge is 0.381 e. The van der Waals surface area contributed by atoms with E-state index in [2.05, 4.69) is 17.1 Å². The number of aromatic nitrogens is 2. The van der Waals surface area contributed by atoms with E-state index in [0.29, 0.717) is 18.9 Å². The Bertz CT molecular complexity index is 524. The maximum absolute atomic E-state index is 12.0. The SMILES string of the molecule is CCC(=O)N1CCCC(C)(c2noc(C3CCOCC3)n2)C1. The van der Waals surface area contributed by atoms with Crippen LogP contribution in [-0.2, 0) is 14.9 Å². The van der Waals surface area contributed by atoms with Crippen molar-refractivity contribution in [1.82, 2.24) is 15.0 Å². The summed E-state index contributed by atoms with van der Waals surface area (Å²) in [7, 11) is 0. The van der Waals surface area contributed by atoms with Gasteiger partial charge in [-0.15, -0.1) is 0 Å². The molecule has 1 aromatic heterocycles. The van der Waals surface area contributed by atoms with Crippen LogP contribution in [0, 0.1) is 0 Å². The Labute approximate surface area is 131 Å². The lowest BCUT2D eigenvalue weighted by Gasteiger charge is -2.38. The van der Waals surface area contributed by atoms with E-state index in [4.69, 9.17) is 9.26 Å². The summed E-state index contributed by atoms with van der Waals surface area (Å²) in [6.07, 6.45) is 4.42. The van der Waals surface area contributed by atoms with Crippen molar-refractivity contribution in [3.8, 4) is 0 Å². The molecule has 0 N–H and O–H groups in total. The van der Waals surface area contributed by atoms with Crippen LogP contribution in [0.4, 0.5) is 0 Å². The zero-order chi connectivity index (χ0) is 15.6.